The van der Waals surface area contributed by atoms with Crippen molar-refractivity contribution in [1.29, 1.82) is 0 Å². The summed E-state index contributed by atoms with van der Waals surface area (Å²) in [5, 5.41) is 3.23. The molecule has 0 saturated carbocycles. The molecule has 7 nitrogen and oxygen atoms in total. The van der Waals surface area contributed by atoms with E-state index >= 15 is 0 Å². The van der Waals surface area contributed by atoms with Crippen molar-refractivity contribution in [2.45, 2.75) is 65.5 Å². The van der Waals surface area contributed by atoms with E-state index in [1.165, 1.54) is 6.07 Å². The molecule has 0 spiro atoms. The summed E-state index contributed by atoms with van der Waals surface area (Å²) in [5.41, 5.74) is 2.35. The lowest BCUT2D eigenvalue weighted by Gasteiger charge is -2.18. The third-order valence-corrected chi connectivity index (χ3v) is 5.41. The van der Waals surface area contributed by atoms with Gasteiger partial charge in [-0.3, -0.25) is 0 Å². The van der Waals surface area contributed by atoms with Gasteiger partial charge in [0.15, 0.2) is 0 Å². The van der Waals surface area contributed by atoms with Crippen LogP contribution < -0.4 is 15.7 Å². The minimum absolute atomic E-state index is 0.100. The maximum Gasteiger partial charge on any atom is 0.408 e. The Morgan fingerprint density at radius 3 is 2.53 bits per heavy atom. The molecule has 1 atom stereocenters. The zero-order valence-corrected chi connectivity index (χ0v) is 19.9. The van der Waals surface area contributed by atoms with E-state index in [1.54, 1.807) is 12.1 Å². The number of nitrogens with one attached hydrogen (secondary N) is 1. The molecule has 3 rings (SSSR count). The normalized spacial score (nSPS) is 11.7. The van der Waals surface area contributed by atoms with Crippen molar-refractivity contribution in [2.24, 2.45) is 0 Å². The molecule has 180 valence electrons. The maximum absolute atomic E-state index is 13.1. The molecule has 2 aromatic carbocycles. The van der Waals surface area contributed by atoms with E-state index < -0.39 is 23.7 Å². The van der Waals surface area contributed by atoms with Crippen molar-refractivity contribution in [3.8, 4) is 5.75 Å². The highest BCUT2D eigenvalue weighted by atomic mass is 16.6. The highest BCUT2D eigenvalue weighted by Crippen LogP contribution is 2.31. The fourth-order valence-electron chi connectivity index (χ4n) is 3.74. The average Bonchev–Trinajstić information content (AvgIpc) is 2.81. The van der Waals surface area contributed by atoms with Crippen molar-refractivity contribution in [2.75, 3.05) is 0 Å². The van der Waals surface area contributed by atoms with Gasteiger partial charge in [0.2, 0.25) is 0 Å². The van der Waals surface area contributed by atoms with Crippen LogP contribution in [0.25, 0.3) is 11.0 Å². The molecule has 0 aliphatic heterocycles. The maximum atomic E-state index is 13.1. The van der Waals surface area contributed by atoms with E-state index in [0.717, 1.165) is 29.5 Å². The van der Waals surface area contributed by atoms with Crippen LogP contribution in [-0.2, 0) is 22.6 Å². The first-order valence-corrected chi connectivity index (χ1v) is 11.7. The lowest BCUT2D eigenvalue weighted by atomic mass is 10.0. The number of unbranched alkanes of at least 4 members (excludes halogenated alkanes) is 1. The second kappa shape index (κ2) is 12.0. The Labute approximate surface area is 199 Å². The third kappa shape index (κ3) is 6.70. The predicted molar refractivity (Wildman–Crippen MR) is 130 cm³/mol. The Kier molecular flexibility index (Phi) is 8.85. The molecule has 1 heterocycles. The number of carbonyl (C=O) groups is 2. The largest absolute Gasteiger partial charge is 0.445 e. The van der Waals surface area contributed by atoms with Gasteiger partial charge < -0.3 is 19.2 Å². The Hall–Kier alpha value is -3.61. The standard InChI is InChI=1S/C27H31NO6/c1-4-6-13-20-16-24(29)33-22-14-18(3)15-23(25(20)22)34-26(30)21(10-5-2)28-27(31)32-17-19-11-8-7-9-12-19/h7-9,11-12,14-16,21H,4-6,10,13,17H2,1-3H3,(H,28,31)/t21-/m1/s1. The van der Waals surface area contributed by atoms with Crippen LogP contribution in [0.15, 0.2) is 57.7 Å². The van der Waals surface area contributed by atoms with E-state index in [4.69, 9.17) is 13.9 Å². The van der Waals surface area contributed by atoms with Crippen molar-refractivity contribution in [3.63, 3.8) is 0 Å². The van der Waals surface area contributed by atoms with Crippen LogP contribution in [0.1, 0.15) is 56.2 Å². The van der Waals surface area contributed by atoms with Gasteiger partial charge >= 0.3 is 17.7 Å². The van der Waals surface area contributed by atoms with Gasteiger partial charge in [-0.1, -0.05) is 57.0 Å². The summed E-state index contributed by atoms with van der Waals surface area (Å²) < 4.78 is 16.4. The lowest BCUT2D eigenvalue weighted by Crippen LogP contribution is -2.43. The molecule has 1 amide bonds. The molecule has 0 saturated heterocycles. The Morgan fingerprint density at radius 1 is 1.06 bits per heavy atom. The average molecular weight is 466 g/mol. The van der Waals surface area contributed by atoms with Crippen molar-refractivity contribution < 1.29 is 23.5 Å². The van der Waals surface area contributed by atoms with Crippen LogP contribution in [0, 0.1) is 6.92 Å². The number of amides is 1. The van der Waals surface area contributed by atoms with Crippen molar-refractivity contribution in [3.05, 3.63) is 75.6 Å². The number of rotatable bonds is 10. The van der Waals surface area contributed by atoms with E-state index in [2.05, 4.69) is 12.2 Å². The van der Waals surface area contributed by atoms with Crippen LogP contribution >= 0.6 is 0 Å². The molecule has 7 heteroatoms. The molecular formula is C27H31NO6. The highest BCUT2D eigenvalue weighted by molar-refractivity contribution is 5.91. The first-order valence-electron chi connectivity index (χ1n) is 11.7. The molecule has 3 aromatic rings. The fourth-order valence-corrected chi connectivity index (χ4v) is 3.74. The van der Waals surface area contributed by atoms with Crippen LogP contribution in [-0.4, -0.2) is 18.1 Å². The van der Waals surface area contributed by atoms with E-state index in [1.807, 2.05) is 44.2 Å². The van der Waals surface area contributed by atoms with Crippen LogP contribution in [0.2, 0.25) is 0 Å². The number of hydrogen-bond donors (Lipinski definition) is 1. The van der Waals surface area contributed by atoms with Crippen LogP contribution in [0.3, 0.4) is 0 Å². The van der Waals surface area contributed by atoms with Crippen LogP contribution in [0.5, 0.6) is 5.75 Å². The smallest absolute Gasteiger partial charge is 0.408 e. The SMILES string of the molecule is CCCCc1cc(=O)oc2cc(C)cc(OC(=O)[C@@H](CCC)NC(=O)OCc3ccccc3)c12. The van der Waals surface area contributed by atoms with Gasteiger partial charge in [-0.25, -0.2) is 14.4 Å². The van der Waals surface area contributed by atoms with E-state index in [9.17, 15) is 14.4 Å². The number of alkyl carbamates (subject to hydrolysis) is 1. The van der Waals surface area contributed by atoms with Gasteiger partial charge in [0.1, 0.15) is 24.0 Å². The summed E-state index contributed by atoms with van der Waals surface area (Å²) in [4.78, 5) is 37.5. The molecule has 0 aliphatic carbocycles. The number of hydrogen-bond acceptors (Lipinski definition) is 6. The van der Waals surface area contributed by atoms with Crippen LogP contribution in [0.4, 0.5) is 4.79 Å². The number of carbonyl (C=O) groups excluding carboxylic acids is 2. The van der Waals surface area contributed by atoms with E-state index in [0.29, 0.717) is 36.0 Å². The topological polar surface area (TPSA) is 94.8 Å². The molecule has 1 N–H and O–H groups in total. The number of fused-ring (bicyclic) bond motifs is 1. The second-order valence-corrected chi connectivity index (χ2v) is 8.30. The highest BCUT2D eigenvalue weighted by Gasteiger charge is 2.24. The third-order valence-electron chi connectivity index (χ3n) is 5.41. The summed E-state index contributed by atoms with van der Waals surface area (Å²) in [7, 11) is 0. The number of ether oxygens (including phenoxy) is 2. The van der Waals surface area contributed by atoms with Gasteiger partial charge in [-0.2, -0.15) is 0 Å². The quantitative estimate of drug-likeness (QED) is 0.243. The summed E-state index contributed by atoms with van der Waals surface area (Å²) in [5.74, 6) is -0.284. The first-order chi connectivity index (χ1) is 16.4. The number of aryl methyl sites for hydroxylation is 2. The van der Waals surface area contributed by atoms with Gasteiger partial charge in [0.25, 0.3) is 0 Å². The lowest BCUT2D eigenvalue weighted by molar-refractivity contribution is -0.136. The Morgan fingerprint density at radius 2 is 1.82 bits per heavy atom. The molecule has 34 heavy (non-hydrogen) atoms. The summed E-state index contributed by atoms with van der Waals surface area (Å²) in [6.07, 6.45) is 2.85. The van der Waals surface area contributed by atoms with Gasteiger partial charge in [0.05, 0.1) is 5.39 Å². The molecule has 0 unspecified atom stereocenters. The monoisotopic (exact) mass is 465 g/mol. The Bertz CT molecular complexity index is 1180. The Balaban J connectivity index is 1.80. The number of benzene rings is 2. The molecular weight excluding hydrogens is 434 g/mol. The van der Waals surface area contributed by atoms with Crippen molar-refractivity contribution >= 4 is 23.0 Å². The van der Waals surface area contributed by atoms with Crippen molar-refractivity contribution in [1.82, 2.24) is 5.32 Å². The van der Waals surface area contributed by atoms with Gasteiger partial charge in [-0.05, 0) is 55.0 Å². The molecule has 1 aromatic heterocycles. The summed E-state index contributed by atoms with van der Waals surface area (Å²) in [6, 6.07) is 13.4. The first kappa shape index (κ1) is 25.0. The molecule has 0 radical (unpaired) electrons. The van der Waals surface area contributed by atoms with E-state index in [-0.39, 0.29) is 6.61 Å². The second-order valence-electron chi connectivity index (χ2n) is 8.30. The summed E-state index contributed by atoms with van der Waals surface area (Å²) in [6.45, 7) is 5.91. The predicted octanol–water partition coefficient (Wildman–Crippen LogP) is 5.44. The van der Waals surface area contributed by atoms with Gasteiger partial charge in [0, 0.05) is 6.07 Å². The number of esters is 1. The minimum atomic E-state index is -0.876. The molecule has 0 bridgehead atoms. The minimum Gasteiger partial charge on any atom is -0.445 e. The zero-order valence-electron chi connectivity index (χ0n) is 19.9. The fraction of sp³-hybridized carbons (Fsp3) is 0.370. The molecule has 0 fully saturated rings. The molecule has 0 aliphatic rings. The van der Waals surface area contributed by atoms with Gasteiger partial charge in [-0.15, -0.1) is 0 Å². The summed E-state index contributed by atoms with van der Waals surface area (Å²) >= 11 is 0. The zero-order chi connectivity index (χ0) is 24.5.